The molecule has 0 spiro atoms. The van der Waals surface area contributed by atoms with Crippen LogP contribution in [-0.4, -0.2) is 46.2 Å². The first-order valence-corrected chi connectivity index (χ1v) is 7.40. The monoisotopic (exact) mass is 346 g/mol. The molecule has 1 aromatic carbocycles. The molecule has 0 bridgehead atoms. The third-order valence-electron chi connectivity index (χ3n) is 4.26. The van der Waals surface area contributed by atoms with E-state index in [1.807, 2.05) is 0 Å². The van der Waals surface area contributed by atoms with Gasteiger partial charge in [-0.3, -0.25) is 14.9 Å². The highest BCUT2D eigenvalue weighted by atomic mass is 19.4. The number of benzene rings is 1. The molecule has 9 heteroatoms. The highest BCUT2D eigenvalue weighted by molar-refractivity contribution is 5.95. The number of rotatable bonds is 3. The van der Waals surface area contributed by atoms with Crippen molar-refractivity contribution in [3.05, 3.63) is 39.4 Å². The van der Waals surface area contributed by atoms with Gasteiger partial charge in [-0.1, -0.05) is 6.07 Å². The van der Waals surface area contributed by atoms with Gasteiger partial charge in [0, 0.05) is 30.3 Å². The molecule has 24 heavy (non-hydrogen) atoms. The minimum absolute atomic E-state index is 0.0281. The van der Waals surface area contributed by atoms with Gasteiger partial charge in [-0.25, -0.2) is 0 Å². The van der Waals surface area contributed by atoms with E-state index in [0.717, 1.165) is 0 Å². The summed E-state index contributed by atoms with van der Waals surface area (Å²) in [5.74, 6) is -1.40. The van der Waals surface area contributed by atoms with Crippen LogP contribution in [0.25, 0.3) is 0 Å². The van der Waals surface area contributed by atoms with E-state index >= 15 is 0 Å². The molecule has 1 heterocycles. The maximum atomic E-state index is 12.5. The van der Waals surface area contributed by atoms with Gasteiger partial charge in [-0.2, -0.15) is 13.2 Å². The number of carbonyl (C=O) groups is 1. The van der Waals surface area contributed by atoms with Crippen molar-refractivity contribution in [1.82, 2.24) is 4.90 Å². The number of nitro groups is 1. The summed E-state index contributed by atoms with van der Waals surface area (Å²) in [5.41, 5.74) is 0.369. The number of carbonyl (C=O) groups excluding carboxylic acids is 1. The quantitative estimate of drug-likeness (QED) is 0.674. The van der Waals surface area contributed by atoms with Gasteiger partial charge in [0.05, 0.1) is 4.92 Å². The first kappa shape index (κ1) is 18.2. The first-order chi connectivity index (χ1) is 11.1. The number of nitrogens with zero attached hydrogens (tertiary/aromatic N) is 2. The fraction of sp³-hybridized carbons (Fsp3) is 0.533. The van der Waals surface area contributed by atoms with Crippen LogP contribution in [0, 0.1) is 23.0 Å². The molecular weight excluding hydrogens is 329 g/mol. The molecular formula is C15H17F3N2O4. The molecule has 0 aromatic heterocycles. The van der Waals surface area contributed by atoms with E-state index < -0.39 is 29.0 Å². The van der Waals surface area contributed by atoms with Crippen molar-refractivity contribution in [3.8, 4) is 0 Å². The maximum Gasteiger partial charge on any atom is 0.414 e. The number of hydrogen-bond donors (Lipinski definition) is 1. The third-order valence-corrected chi connectivity index (χ3v) is 4.26. The number of amides is 1. The summed E-state index contributed by atoms with van der Waals surface area (Å²) in [5, 5.41) is 20.2. The van der Waals surface area contributed by atoms with Crippen LogP contribution in [0.5, 0.6) is 0 Å². The largest absolute Gasteiger partial charge is 0.414 e. The van der Waals surface area contributed by atoms with Crippen LogP contribution in [0.3, 0.4) is 0 Å². The Hall–Kier alpha value is -2.16. The molecule has 0 aliphatic carbocycles. The average molecular weight is 346 g/mol. The second-order valence-corrected chi connectivity index (χ2v) is 5.87. The van der Waals surface area contributed by atoms with Crippen LogP contribution in [0.2, 0.25) is 0 Å². The second kappa shape index (κ2) is 6.76. The molecule has 1 amide bonds. The summed E-state index contributed by atoms with van der Waals surface area (Å²) in [6, 6.07) is 4.10. The molecule has 6 nitrogen and oxygen atoms in total. The normalized spacial score (nSPS) is 17.6. The van der Waals surface area contributed by atoms with Gasteiger partial charge in [0.2, 0.25) is 0 Å². The van der Waals surface area contributed by atoms with Gasteiger partial charge < -0.3 is 10.0 Å². The molecule has 1 N–H and O–H groups in total. The summed E-state index contributed by atoms with van der Waals surface area (Å²) >= 11 is 0. The maximum absolute atomic E-state index is 12.5. The number of aliphatic hydroxyl groups is 1. The SMILES string of the molecule is Cc1ccc(C(=O)N2CCC(C(O)C(F)(F)F)CC2)cc1[N+](=O)[O-]. The van der Waals surface area contributed by atoms with Gasteiger partial charge in [0.15, 0.2) is 6.10 Å². The molecule has 1 aliphatic heterocycles. The molecule has 2 rings (SSSR count). The number of halogens is 3. The fourth-order valence-electron chi connectivity index (χ4n) is 2.81. The van der Waals surface area contributed by atoms with Crippen molar-refractivity contribution >= 4 is 11.6 Å². The number of likely N-dealkylation sites (tertiary alicyclic amines) is 1. The minimum Gasteiger partial charge on any atom is -0.383 e. The number of alkyl halides is 3. The van der Waals surface area contributed by atoms with Crippen LogP contribution in [0.15, 0.2) is 18.2 Å². The Morgan fingerprint density at radius 1 is 1.38 bits per heavy atom. The molecule has 0 saturated carbocycles. The van der Waals surface area contributed by atoms with Crippen molar-refractivity contribution in [1.29, 1.82) is 0 Å². The van der Waals surface area contributed by atoms with E-state index in [2.05, 4.69) is 0 Å². The highest BCUT2D eigenvalue weighted by Gasteiger charge is 2.44. The predicted octanol–water partition coefficient (Wildman–Crippen LogP) is 2.68. The Bertz CT molecular complexity index is 640. The Balaban J connectivity index is 2.06. The van der Waals surface area contributed by atoms with Crippen LogP contribution < -0.4 is 0 Å². The lowest BCUT2D eigenvalue weighted by Gasteiger charge is -2.34. The van der Waals surface area contributed by atoms with Gasteiger partial charge in [-0.15, -0.1) is 0 Å². The van der Waals surface area contributed by atoms with E-state index in [9.17, 15) is 33.2 Å². The molecule has 132 valence electrons. The molecule has 0 radical (unpaired) electrons. The Labute approximate surface area is 136 Å². The van der Waals surface area contributed by atoms with Gasteiger partial charge in [0.25, 0.3) is 11.6 Å². The molecule has 1 atom stereocenters. The van der Waals surface area contributed by atoms with Gasteiger partial charge >= 0.3 is 6.18 Å². The number of aryl methyl sites for hydroxylation is 1. The summed E-state index contributed by atoms with van der Waals surface area (Å²) < 4.78 is 37.6. The third kappa shape index (κ3) is 3.84. The van der Waals surface area contributed by atoms with Crippen molar-refractivity contribution in [2.75, 3.05) is 13.1 Å². The minimum atomic E-state index is -4.67. The summed E-state index contributed by atoms with van der Waals surface area (Å²) in [7, 11) is 0. The highest BCUT2D eigenvalue weighted by Crippen LogP contribution is 2.32. The van der Waals surface area contributed by atoms with E-state index in [-0.39, 0.29) is 37.2 Å². The number of nitro benzene ring substituents is 1. The van der Waals surface area contributed by atoms with Crippen molar-refractivity contribution in [3.63, 3.8) is 0 Å². The van der Waals surface area contributed by atoms with Crippen LogP contribution in [-0.2, 0) is 0 Å². The molecule has 1 saturated heterocycles. The molecule has 1 unspecified atom stereocenters. The van der Waals surface area contributed by atoms with E-state index in [1.165, 1.54) is 23.1 Å². The number of piperidine rings is 1. The lowest BCUT2D eigenvalue weighted by Crippen LogP contribution is -2.45. The second-order valence-electron chi connectivity index (χ2n) is 5.87. The lowest BCUT2D eigenvalue weighted by atomic mass is 9.90. The molecule has 1 fully saturated rings. The smallest absolute Gasteiger partial charge is 0.383 e. The lowest BCUT2D eigenvalue weighted by molar-refractivity contribution is -0.385. The zero-order valence-electron chi connectivity index (χ0n) is 12.9. The summed E-state index contributed by atoms with van der Waals surface area (Å²) in [4.78, 5) is 24.1. The Morgan fingerprint density at radius 3 is 2.46 bits per heavy atom. The Kier molecular flexibility index (Phi) is 5.12. The van der Waals surface area contributed by atoms with Crippen LogP contribution >= 0.6 is 0 Å². The van der Waals surface area contributed by atoms with Crippen LogP contribution in [0.4, 0.5) is 18.9 Å². The molecule has 1 aromatic rings. The average Bonchev–Trinajstić information content (AvgIpc) is 2.53. The first-order valence-electron chi connectivity index (χ1n) is 7.40. The predicted molar refractivity (Wildman–Crippen MR) is 78.5 cm³/mol. The topological polar surface area (TPSA) is 83.7 Å². The Morgan fingerprint density at radius 2 is 1.96 bits per heavy atom. The van der Waals surface area contributed by atoms with Crippen molar-refractivity contribution in [2.45, 2.75) is 32.0 Å². The van der Waals surface area contributed by atoms with Crippen LogP contribution in [0.1, 0.15) is 28.8 Å². The number of hydrogen-bond acceptors (Lipinski definition) is 4. The fourth-order valence-corrected chi connectivity index (χ4v) is 2.81. The van der Waals surface area contributed by atoms with E-state index in [1.54, 1.807) is 6.92 Å². The zero-order valence-corrected chi connectivity index (χ0v) is 12.9. The van der Waals surface area contributed by atoms with Crippen molar-refractivity contribution in [2.24, 2.45) is 5.92 Å². The standard InChI is InChI=1S/C15H17F3N2O4/c1-9-2-3-11(8-12(9)20(23)24)14(22)19-6-4-10(5-7-19)13(21)15(16,17)18/h2-3,8,10,13,21H,4-7H2,1H3. The zero-order chi connectivity index (χ0) is 18.1. The van der Waals surface area contributed by atoms with E-state index in [0.29, 0.717) is 5.56 Å². The molecule has 1 aliphatic rings. The van der Waals surface area contributed by atoms with Gasteiger partial charge in [-0.05, 0) is 31.7 Å². The van der Waals surface area contributed by atoms with Crippen molar-refractivity contribution < 1.29 is 28.0 Å². The number of aliphatic hydroxyl groups excluding tert-OH is 1. The summed E-state index contributed by atoms with van der Waals surface area (Å²) in [6.45, 7) is 1.69. The summed E-state index contributed by atoms with van der Waals surface area (Å²) in [6.07, 6.45) is -7.01. The van der Waals surface area contributed by atoms with E-state index in [4.69, 9.17) is 0 Å². The van der Waals surface area contributed by atoms with Gasteiger partial charge in [0.1, 0.15) is 0 Å².